The van der Waals surface area contributed by atoms with E-state index in [0.29, 0.717) is 13.2 Å². The lowest BCUT2D eigenvalue weighted by Crippen LogP contribution is -2.45. The Kier molecular flexibility index (Phi) is 8.03. The van der Waals surface area contributed by atoms with E-state index < -0.39 is 0 Å². The molecule has 1 heterocycles. The van der Waals surface area contributed by atoms with Crippen LogP contribution < -0.4 is 0 Å². The fourth-order valence-corrected chi connectivity index (χ4v) is 3.40. The van der Waals surface area contributed by atoms with E-state index in [0.717, 1.165) is 43.0 Å². The summed E-state index contributed by atoms with van der Waals surface area (Å²) in [5.41, 5.74) is 3.61. The fourth-order valence-electron chi connectivity index (χ4n) is 3.40. The van der Waals surface area contributed by atoms with Crippen molar-refractivity contribution in [2.45, 2.75) is 32.1 Å². The molecule has 0 spiro atoms. The largest absolute Gasteiger partial charge is 0.379 e. The third-order valence-electron chi connectivity index (χ3n) is 5.13. The molecule has 5 heteroatoms. The van der Waals surface area contributed by atoms with E-state index in [1.807, 2.05) is 17.0 Å². The van der Waals surface area contributed by atoms with E-state index in [9.17, 15) is 10.0 Å². The van der Waals surface area contributed by atoms with E-state index in [2.05, 4.69) is 42.5 Å². The first-order valence-corrected chi connectivity index (χ1v) is 10.1. The van der Waals surface area contributed by atoms with Gasteiger partial charge in [-0.05, 0) is 42.4 Å². The van der Waals surface area contributed by atoms with Crippen LogP contribution in [0.15, 0.2) is 54.6 Å². The molecule has 0 bridgehead atoms. The maximum atomic E-state index is 12.2. The Bertz CT molecular complexity index is 712. The zero-order chi connectivity index (χ0) is 19.6. The smallest absolute Gasteiger partial charge is 0.251 e. The summed E-state index contributed by atoms with van der Waals surface area (Å²) in [7, 11) is 0. The third-order valence-corrected chi connectivity index (χ3v) is 5.13. The quantitative estimate of drug-likeness (QED) is 0.411. The maximum absolute atomic E-state index is 12.2. The molecule has 1 aliphatic rings. The second kappa shape index (κ2) is 11.0. The number of unbranched alkanes of at least 4 members (excludes halogenated alkanes) is 1. The number of carbonyl (C=O) groups is 1. The molecular formula is C23H30N2O3. The molecule has 1 amide bonds. The van der Waals surface area contributed by atoms with Crippen LogP contribution >= 0.6 is 0 Å². The van der Waals surface area contributed by atoms with Gasteiger partial charge in [-0.25, -0.2) is 5.06 Å². The average Bonchev–Trinajstić information content (AvgIpc) is 2.74. The van der Waals surface area contributed by atoms with Gasteiger partial charge < -0.3 is 4.74 Å². The van der Waals surface area contributed by atoms with Crippen LogP contribution in [0, 0.1) is 0 Å². The Labute approximate surface area is 167 Å². The molecule has 0 atom stereocenters. The van der Waals surface area contributed by atoms with Crippen LogP contribution in [0.1, 0.15) is 29.5 Å². The fraction of sp³-hybridized carbons (Fsp3) is 0.435. The van der Waals surface area contributed by atoms with Gasteiger partial charge in [0.1, 0.15) is 6.67 Å². The minimum Gasteiger partial charge on any atom is -0.379 e. The zero-order valence-corrected chi connectivity index (χ0v) is 16.4. The second-order valence-electron chi connectivity index (χ2n) is 7.35. The summed E-state index contributed by atoms with van der Waals surface area (Å²) in [5.74, 6) is -0.276. The Morgan fingerprint density at radius 2 is 1.46 bits per heavy atom. The van der Waals surface area contributed by atoms with Crippen LogP contribution in [0.4, 0.5) is 0 Å². The van der Waals surface area contributed by atoms with Crippen molar-refractivity contribution in [3.63, 3.8) is 0 Å². The molecule has 1 N–H and O–H groups in total. The van der Waals surface area contributed by atoms with Gasteiger partial charge in [0.25, 0.3) is 5.91 Å². The van der Waals surface area contributed by atoms with E-state index in [-0.39, 0.29) is 19.0 Å². The Balaban J connectivity index is 1.37. The molecule has 0 unspecified atom stereocenters. The Morgan fingerprint density at radius 3 is 2.11 bits per heavy atom. The van der Waals surface area contributed by atoms with Crippen LogP contribution in [0.5, 0.6) is 0 Å². The summed E-state index contributed by atoms with van der Waals surface area (Å²) in [6.45, 7) is 3.01. The number of benzene rings is 2. The number of amides is 1. The number of carbonyl (C=O) groups excluding carboxylic acids is 1. The van der Waals surface area contributed by atoms with Crippen molar-refractivity contribution in [3.05, 3.63) is 71.3 Å². The van der Waals surface area contributed by atoms with Crippen LogP contribution in [0.25, 0.3) is 0 Å². The minimum absolute atomic E-state index is 0.217. The molecule has 150 valence electrons. The van der Waals surface area contributed by atoms with E-state index in [1.54, 1.807) is 0 Å². The summed E-state index contributed by atoms with van der Waals surface area (Å²) in [5, 5.41) is 10.8. The highest BCUT2D eigenvalue weighted by atomic mass is 16.5. The van der Waals surface area contributed by atoms with Crippen molar-refractivity contribution in [1.29, 1.82) is 0 Å². The Morgan fingerprint density at radius 1 is 0.893 bits per heavy atom. The van der Waals surface area contributed by atoms with Crippen molar-refractivity contribution in [2.75, 3.05) is 33.0 Å². The van der Waals surface area contributed by atoms with E-state index >= 15 is 0 Å². The molecule has 1 fully saturated rings. The van der Waals surface area contributed by atoms with E-state index in [4.69, 9.17) is 4.74 Å². The molecule has 3 rings (SSSR count). The number of hydrogen-bond donors (Lipinski definition) is 1. The molecule has 28 heavy (non-hydrogen) atoms. The molecular weight excluding hydrogens is 352 g/mol. The van der Waals surface area contributed by atoms with Gasteiger partial charge in [-0.1, -0.05) is 54.6 Å². The predicted octanol–water partition coefficient (Wildman–Crippen LogP) is 3.30. The SMILES string of the molecule is O=C(Cc1ccc(CCCCc2ccccc2)cc1)N(O)CN1CCOCC1. The summed E-state index contributed by atoms with van der Waals surface area (Å²) in [6.07, 6.45) is 4.70. The molecule has 2 aromatic carbocycles. The summed E-state index contributed by atoms with van der Waals surface area (Å²) in [4.78, 5) is 14.2. The number of ether oxygens (including phenoxy) is 1. The Hall–Kier alpha value is -2.21. The first-order valence-electron chi connectivity index (χ1n) is 10.1. The van der Waals surface area contributed by atoms with Gasteiger partial charge in [-0.3, -0.25) is 14.9 Å². The van der Waals surface area contributed by atoms with Crippen molar-refractivity contribution in [1.82, 2.24) is 9.96 Å². The zero-order valence-electron chi connectivity index (χ0n) is 16.4. The molecule has 0 radical (unpaired) electrons. The van der Waals surface area contributed by atoms with Gasteiger partial charge in [0.15, 0.2) is 0 Å². The van der Waals surface area contributed by atoms with Crippen molar-refractivity contribution < 1.29 is 14.7 Å². The first kappa shape index (κ1) is 20.5. The van der Waals surface area contributed by atoms with Gasteiger partial charge in [-0.15, -0.1) is 0 Å². The monoisotopic (exact) mass is 382 g/mol. The number of aryl methyl sites for hydroxylation is 2. The molecule has 2 aromatic rings. The van der Waals surface area contributed by atoms with Gasteiger partial charge in [-0.2, -0.15) is 0 Å². The molecule has 5 nitrogen and oxygen atoms in total. The molecule has 0 saturated carbocycles. The molecule has 0 aliphatic carbocycles. The first-order chi connectivity index (χ1) is 13.7. The summed E-state index contributed by atoms with van der Waals surface area (Å²) < 4.78 is 5.28. The highest BCUT2D eigenvalue weighted by Crippen LogP contribution is 2.12. The standard InChI is InChI=1S/C23H30N2O3/c26-23(25(27)19-24-14-16-28-17-15-24)18-22-12-10-21(11-13-22)9-5-4-8-20-6-2-1-3-7-20/h1-3,6-7,10-13,27H,4-5,8-9,14-19H2. The summed E-state index contributed by atoms with van der Waals surface area (Å²) >= 11 is 0. The maximum Gasteiger partial charge on any atom is 0.251 e. The number of nitrogens with zero attached hydrogens (tertiary/aromatic N) is 2. The number of hydrogen-bond acceptors (Lipinski definition) is 4. The van der Waals surface area contributed by atoms with Gasteiger partial charge in [0, 0.05) is 13.1 Å². The predicted molar refractivity (Wildman–Crippen MR) is 109 cm³/mol. The van der Waals surface area contributed by atoms with Crippen molar-refractivity contribution in [3.8, 4) is 0 Å². The van der Waals surface area contributed by atoms with Crippen molar-refractivity contribution in [2.24, 2.45) is 0 Å². The lowest BCUT2D eigenvalue weighted by atomic mass is 10.0. The van der Waals surface area contributed by atoms with Crippen molar-refractivity contribution >= 4 is 5.91 Å². The van der Waals surface area contributed by atoms with Gasteiger partial charge >= 0.3 is 0 Å². The highest BCUT2D eigenvalue weighted by Gasteiger charge is 2.17. The van der Waals surface area contributed by atoms with Crippen LogP contribution in [0.2, 0.25) is 0 Å². The van der Waals surface area contributed by atoms with Crippen LogP contribution in [-0.4, -0.2) is 54.0 Å². The van der Waals surface area contributed by atoms with Gasteiger partial charge in [0.2, 0.25) is 0 Å². The normalized spacial score (nSPS) is 14.8. The molecule has 1 aliphatic heterocycles. The van der Waals surface area contributed by atoms with Gasteiger partial charge in [0.05, 0.1) is 19.6 Å². The molecule has 0 aromatic heterocycles. The highest BCUT2D eigenvalue weighted by molar-refractivity contribution is 5.77. The third kappa shape index (κ3) is 6.75. The molecule has 1 saturated heterocycles. The van der Waals surface area contributed by atoms with Crippen LogP contribution in [-0.2, 0) is 28.8 Å². The topological polar surface area (TPSA) is 53.0 Å². The second-order valence-corrected chi connectivity index (χ2v) is 7.35. The summed E-state index contributed by atoms with van der Waals surface area (Å²) in [6, 6.07) is 18.7. The van der Waals surface area contributed by atoms with Crippen LogP contribution in [0.3, 0.4) is 0 Å². The minimum atomic E-state index is -0.276. The van der Waals surface area contributed by atoms with E-state index in [1.165, 1.54) is 17.5 Å². The number of rotatable bonds is 9. The average molecular weight is 383 g/mol. The number of hydroxylamine groups is 2. The lowest BCUT2D eigenvalue weighted by molar-refractivity contribution is -0.176. The number of morpholine rings is 1. The lowest BCUT2D eigenvalue weighted by Gasteiger charge is -2.29.